The third-order valence-corrected chi connectivity index (χ3v) is 4.95. The minimum Gasteiger partial charge on any atom is -0.423 e. The summed E-state index contributed by atoms with van der Waals surface area (Å²) in [5.74, 6) is -0.685. The molecule has 2 heterocycles. The number of hydrogen-bond donors (Lipinski definition) is 1. The molecule has 5 nitrogen and oxygen atoms in total. The van der Waals surface area contributed by atoms with Gasteiger partial charge in [-0.25, -0.2) is 9.78 Å². The number of thiophene rings is 1. The van der Waals surface area contributed by atoms with Crippen LogP contribution in [-0.4, -0.2) is 16.9 Å². The van der Waals surface area contributed by atoms with E-state index in [1.54, 1.807) is 29.5 Å². The van der Waals surface area contributed by atoms with Crippen LogP contribution in [0, 0.1) is 0 Å². The highest BCUT2D eigenvalue weighted by atomic mass is 32.1. The van der Waals surface area contributed by atoms with Crippen LogP contribution in [0.2, 0.25) is 0 Å². The van der Waals surface area contributed by atoms with Crippen LogP contribution in [0.4, 0.5) is 0 Å². The predicted octanol–water partition coefficient (Wildman–Crippen LogP) is 4.28. The van der Waals surface area contributed by atoms with Crippen LogP contribution in [0.25, 0.3) is 21.5 Å². The molecule has 0 atom stereocenters. The lowest BCUT2D eigenvalue weighted by Crippen LogP contribution is -2.12. The molecule has 0 aliphatic heterocycles. The summed E-state index contributed by atoms with van der Waals surface area (Å²) in [6, 6.07) is 19.2. The first-order valence-electron chi connectivity index (χ1n) is 8.17. The van der Waals surface area contributed by atoms with Crippen molar-refractivity contribution in [2.45, 2.75) is 0 Å². The van der Waals surface area contributed by atoms with Crippen molar-refractivity contribution < 1.29 is 14.3 Å². The monoisotopic (exact) mass is 374 g/mol. The van der Waals surface area contributed by atoms with Gasteiger partial charge in [-0.3, -0.25) is 4.79 Å². The summed E-state index contributed by atoms with van der Waals surface area (Å²) >= 11 is 1.55. The van der Waals surface area contributed by atoms with Crippen LogP contribution in [0.3, 0.4) is 0 Å². The summed E-state index contributed by atoms with van der Waals surface area (Å²) < 4.78 is 5.50. The molecule has 1 amide bonds. The molecule has 0 aliphatic rings. The van der Waals surface area contributed by atoms with Gasteiger partial charge in [0.1, 0.15) is 5.75 Å². The number of pyridine rings is 1. The van der Waals surface area contributed by atoms with Gasteiger partial charge in [0.15, 0.2) is 0 Å². The molecule has 2 N–H and O–H groups in total. The van der Waals surface area contributed by atoms with Crippen LogP contribution in [0.5, 0.6) is 5.75 Å². The highest BCUT2D eigenvalue weighted by Crippen LogP contribution is 2.28. The number of hydrogen-bond acceptors (Lipinski definition) is 5. The molecule has 2 aromatic carbocycles. The van der Waals surface area contributed by atoms with Gasteiger partial charge in [0.25, 0.3) is 0 Å². The van der Waals surface area contributed by atoms with Crippen LogP contribution >= 0.6 is 11.3 Å². The normalized spacial score (nSPS) is 10.7. The van der Waals surface area contributed by atoms with Gasteiger partial charge >= 0.3 is 5.97 Å². The predicted molar refractivity (Wildman–Crippen MR) is 105 cm³/mol. The summed E-state index contributed by atoms with van der Waals surface area (Å²) in [5, 5.41) is 2.68. The molecule has 4 rings (SSSR count). The number of amides is 1. The van der Waals surface area contributed by atoms with Gasteiger partial charge in [0.2, 0.25) is 5.91 Å². The highest BCUT2D eigenvalue weighted by molar-refractivity contribution is 7.13. The zero-order chi connectivity index (χ0) is 18.8. The van der Waals surface area contributed by atoms with E-state index in [-0.39, 0.29) is 0 Å². The number of fused-ring (bicyclic) bond motifs is 1. The van der Waals surface area contributed by atoms with E-state index >= 15 is 0 Å². The zero-order valence-corrected chi connectivity index (χ0v) is 14.9. The standard InChI is InChI=1S/C21H14N2O3S/c22-20(24)13-7-9-14(10-8-13)26-21(25)16-12-18(19-6-3-11-27-19)23-17-5-2-1-4-15(16)17/h1-12H,(H2,22,24). The Morgan fingerprint density at radius 3 is 2.44 bits per heavy atom. The maximum Gasteiger partial charge on any atom is 0.344 e. The molecule has 0 fully saturated rings. The average molecular weight is 374 g/mol. The summed E-state index contributed by atoms with van der Waals surface area (Å²) in [6.45, 7) is 0. The Labute approximate surface area is 159 Å². The van der Waals surface area contributed by atoms with E-state index in [1.165, 1.54) is 12.1 Å². The first kappa shape index (κ1) is 16.9. The molecule has 2 aromatic heterocycles. The van der Waals surface area contributed by atoms with Crippen molar-refractivity contribution in [1.29, 1.82) is 0 Å². The van der Waals surface area contributed by atoms with E-state index < -0.39 is 11.9 Å². The fraction of sp³-hybridized carbons (Fsp3) is 0. The minimum atomic E-state index is -0.534. The molecule has 132 valence electrons. The Balaban J connectivity index is 1.73. The van der Waals surface area contributed by atoms with Gasteiger partial charge < -0.3 is 10.5 Å². The van der Waals surface area contributed by atoms with Crippen molar-refractivity contribution in [3.63, 3.8) is 0 Å². The van der Waals surface area contributed by atoms with Crippen molar-refractivity contribution in [3.05, 3.63) is 83.2 Å². The van der Waals surface area contributed by atoms with Gasteiger partial charge in [-0.1, -0.05) is 24.3 Å². The topological polar surface area (TPSA) is 82.3 Å². The molecule has 4 aromatic rings. The lowest BCUT2D eigenvalue weighted by Gasteiger charge is -2.09. The number of benzene rings is 2. The van der Waals surface area contributed by atoms with Crippen molar-refractivity contribution in [1.82, 2.24) is 4.98 Å². The first-order chi connectivity index (χ1) is 13.1. The molecule has 0 spiro atoms. The Morgan fingerprint density at radius 1 is 0.963 bits per heavy atom. The number of rotatable bonds is 4. The van der Waals surface area contributed by atoms with Crippen molar-refractivity contribution in [2.24, 2.45) is 5.73 Å². The number of carbonyl (C=O) groups is 2. The number of nitrogens with two attached hydrogens (primary N) is 1. The van der Waals surface area contributed by atoms with Gasteiger partial charge in [-0.15, -0.1) is 11.3 Å². The molecular formula is C21H14N2O3S. The third kappa shape index (κ3) is 3.43. The molecule has 0 saturated heterocycles. The summed E-state index contributed by atoms with van der Waals surface area (Å²) in [7, 11) is 0. The molecule has 0 unspecified atom stereocenters. The molecular weight excluding hydrogens is 360 g/mol. The molecule has 6 heteroatoms. The van der Waals surface area contributed by atoms with Gasteiger partial charge in [-0.2, -0.15) is 0 Å². The summed E-state index contributed by atoms with van der Waals surface area (Å²) in [6.07, 6.45) is 0. The summed E-state index contributed by atoms with van der Waals surface area (Å²) in [4.78, 5) is 29.6. The van der Waals surface area contributed by atoms with Crippen LogP contribution < -0.4 is 10.5 Å². The van der Waals surface area contributed by atoms with Gasteiger partial charge in [0, 0.05) is 10.9 Å². The number of nitrogens with zero attached hydrogens (tertiary/aromatic N) is 1. The Morgan fingerprint density at radius 2 is 1.74 bits per heavy atom. The second-order valence-electron chi connectivity index (χ2n) is 5.83. The molecule has 0 radical (unpaired) electrons. The Hall–Kier alpha value is -3.51. The zero-order valence-electron chi connectivity index (χ0n) is 14.1. The largest absolute Gasteiger partial charge is 0.423 e. The lowest BCUT2D eigenvalue weighted by molar-refractivity contribution is 0.0736. The van der Waals surface area contributed by atoms with Crippen LogP contribution in [-0.2, 0) is 0 Å². The lowest BCUT2D eigenvalue weighted by atomic mass is 10.1. The minimum absolute atomic E-state index is 0.337. The van der Waals surface area contributed by atoms with Crippen LogP contribution in [0.15, 0.2) is 72.1 Å². The third-order valence-electron chi connectivity index (χ3n) is 4.06. The van der Waals surface area contributed by atoms with Crippen molar-refractivity contribution >= 4 is 34.1 Å². The van der Waals surface area contributed by atoms with Gasteiger partial charge in [-0.05, 0) is 47.8 Å². The van der Waals surface area contributed by atoms with E-state index in [1.807, 2.05) is 41.8 Å². The average Bonchev–Trinajstić information content (AvgIpc) is 3.22. The first-order valence-corrected chi connectivity index (χ1v) is 9.05. The second-order valence-corrected chi connectivity index (χ2v) is 6.78. The van der Waals surface area contributed by atoms with E-state index in [9.17, 15) is 9.59 Å². The fourth-order valence-electron chi connectivity index (χ4n) is 2.74. The SMILES string of the molecule is NC(=O)c1ccc(OC(=O)c2cc(-c3cccs3)nc3ccccc23)cc1. The van der Waals surface area contributed by atoms with Crippen molar-refractivity contribution in [2.75, 3.05) is 0 Å². The highest BCUT2D eigenvalue weighted by Gasteiger charge is 2.16. The van der Waals surface area contributed by atoms with E-state index in [2.05, 4.69) is 4.98 Å². The molecule has 0 saturated carbocycles. The van der Waals surface area contributed by atoms with Gasteiger partial charge in [0.05, 0.1) is 21.7 Å². The quantitative estimate of drug-likeness (QED) is 0.427. The van der Waals surface area contributed by atoms with E-state index in [0.717, 1.165) is 21.5 Å². The maximum absolute atomic E-state index is 12.8. The number of ether oxygens (including phenoxy) is 1. The molecule has 0 bridgehead atoms. The number of primary amides is 1. The van der Waals surface area contributed by atoms with Crippen molar-refractivity contribution in [3.8, 4) is 16.3 Å². The number of carbonyl (C=O) groups excluding carboxylic acids is 2. The Bertz CT molecular complexity index is 1140. The molecule has 0 aliphatic carbocycles. The summed E-state index contributed by atoms with van der Waals surface area (Å²) in [5.41, 5.74) is 7.46. The maximum atomic E-state index is 12.8. The molecule has 27 heavy (non-hydrogen) atoms. The number of esters is 1. The number of para-hydroxylation sites is 1. The number of aromatic nitrogens is 1. The van der Waals surface area contributed by atoms with Crippen LogP contribution in [0.1, 0.15) is 20.7 Å². The Kier molecular flexibility index (Phi) is 4.40. The van der Waals surface area contributed by atoms with E-state index in [4.69, 9.17) is 10.5 Å². The smallest absolute Gasteiger partial charge is 0.344 e. The second kappa shape index (κ2) is 7.01. The fourth-order valence-corrected chi connectivity index (χ4v) is 3.43. The van der Waals surface area contributed by atoms with E-state index in [0.29, 0.717) is 16.9 Å².